The molecule has 1 unspecified atom stereocenters. The van der Waals surface area contributed by atoms with E-state index in [1.807, 2.05) is 19.2 Å². The number of nitrogens with two attached hydrogens (primary N) is 1. The molecule has 1 aromatic carbocycles. The Hall–Kier alpha value is -0.930. The third-order valence-corrected chi connectivity index (χ3v) is 3.37. The van der Waals surface area contributed by atoms with Gasteiger partial charge in [-0.05, 0) is 49.5 Å². The summed E-state index contributed by atoms with van der Waals surface area (Å²) in [5.74, 6) is -0.153. The fourth-order valence-electron chi connectivity index (χ4n) is 2.37. The first-order valence-corrected chi connectivity index (χ1v) is 6.05. The van der Waals surface area contributed by atoms with Crippen molar-refractivity contribution in [3.8, 4) is 0 Å². The summed E-state index contributed by atoms with van der Waals surface area (Å²) in [6.45, 7) is 6.81. The van der Waals surface area contributed by atoms with Crippen LogP contribution in [0.1, 0.15) is 37.4 Å². The van der Waals surface area contributed by atoms with Crippen molar-refractivity contribution >= 4 is 0 Å². The van der Waals surface area contributed by atoms with Crippen LogP contribution in [-0.2, 0) is 0 Å². The van der Waals surface area contributed by atoms with Gasteiger partial charge in [0.25, 0.3) is 0 Å². The molecule has 2 nitrogen and oxygen atoms in total. The molecule has 1 rings (SSSR count). The second-order valence-corrected chi connectivity index (χ2v) is 5.26. The van der Waals surface area contributed by atoms with E-state index in [4.69, 9.17) is 5.73 Å². The average molecular weight is 238 g/mol. The van der Waals surface area contributed by atoms with Gasteiger partial charge in [0, 0.05) is 6.04 Å². The lowest BCUT2D eigenvalue weighted by Gasteiger charge is -2.34. The second kappa shape index (κ2) is 5.61. The number of benzene rings is 1. The third kappa shape index (κ3) is 3.27. The van der Waals surface area contributed by atoms with Crippen molar-refractivity contribution in [3.05, 3.63) is 35.1 Å². The summed E-state index contributed by atoms with van der Waals surface area (Å²) in [7, 11) is 1.93. The van der Waals surface area contributed by atoms with Crippen molar-refractivity contribution in [2.45, 2.75) is 33.2 Å². The van der Waals surface area contributed by atoms with Gasteiger partial charge in [-0.25, -0.2) is 4.39 Å². The molecule has 0 bridgehead atoms. The maximum absolute atomic E-state index is 13.3. The highest BCUT2D eigenvalue weighted by Gasteiger charge is 2.29. The number of aryl methyl sites for hydroxylation is 1. The predicted molar refractivity (Wildman–Crippen MR) is 70.4 cm³/mol. The molecular weight excluding hydrogens is 215 g/mol. The highest BCUT2D eigenvalue weighted by Crippen LogP contribution is 2.36. The summed E-state index contributed by atoms with van der Waals surface area (Å²) < 4.78 is 13.3. The first kappa shape index (κ1) is 14.1. The molecule has 0 aromatic heterocycles. The number of hydrogen-bond donors (Lipinski definition) is 2. The molecule has 0 radical (unpaired) electrons. The molecule has 3 N–H and O–H groups in total. The van der Waals surface area contributed by atoms with Crippen molar-refractivity contribution in [1.29, 1.82) is 0 Å². The summed E-state index contributed by atoms with van der Waals surface area (Å²) in [6, 6.07) is 5.48. The lowest BCUT2D eigenvalue weighted by molar-refractivity contribution is 0.239. The zero-order valence-electron chi connectivity index (χ0n) is 11.2. The van der Waals surface area contributed by atoms with Crippen molar-refractivity contribution in [2.75, 3.05) is 13.6 Å². The van der Waals surface area contributed by atoms with Crippen LogP contribution in [0.3, 0.4) is 0 Å². The van der Waals surface area contributed by atoms with Gasteiger partial charge in [-0.3, -0.25) is 0 Å². The summed E-state index contributed by atoms with van der Waals surface area (Å²) in [6.07, 6.45) is 0.926. The minimum Gasteiger partial charge on any atom is -0.330 e. The van der Waals surface area contributed by atoms with E-state index in [2.05, 4.69) is 19.2 Å². The van der Waals surface area contributed by atoms with E-state index in [0.29, 0.717) is 12.1 Å². The molecule has 0 aliphatic heterocycles. The quantitative estimate of drug-likeness (QED) is 0.827. The van der Waals surface area contributed by atoms with Crippen LogP contribution in [0.25, 0.3) is 0 Å². The molecular formula is C14H23FN2. The molecule has 0 spiro atoms. The molecule has 0 fully saturated rings. The van der Waals surface area contributed by atoms with Crippen molar-refractivity contribution in [2.24, 2.45) is 11.1 Å². The summed E-state index contributed by atoms with van der Waals surface area (Å²) in [5, 5.41) is 3.31. The normalized spacial score (nSPS) is 13.8. The Morgan fingerprint density at radius 2 is 2.06 bits per heavy atom. The summed E-state index contributed by atoms with van der Waals surface area (Å²) >= 11 is 0. The number of halogens is 1. The highest BCUT2D eigenvalue weighted by atomic mass is 19.1. The topological polar surface area (TPSA) is 38.0 Å². The Kier molecular flexibility index (Phi) is 4.66. The molecule has 1 aromatic rings. The Morgan fingerprint density at radius 1 is 1.41 bits per heavy atom. The van der Waals surface area contributed by atoms with E-state index >= 15 is 0 Å². The van der Waals surface area contributed by atoms with Gasteiger partial charge in [0.15, 0.2) is 0 Å². The van der Waals surface area contributed by atoms with Gasteiger partial charge in [-0.2, -0.15) is 0 Å². The zero-order chi connectivity index (χ0) is 13.1. The number of rotatable bonds is 5. The van der Waals surface area contributed by atoms with Crippen LogP contribution in [0.15, 0.2) is 18.2 Å². The molecule has 3 heteroatoms. The van der Waals surface area contributed by atoms with Gasteiger partial charge in [-0.1, -0.05) is 26.0 Å². The Balaban J connectivity index is 3.05. The van der Waals surface area contributed by atoms with E-state index < -0.39 is 0 Å². The average Bonchev–Trinajstić information content (AvgIpc) is 2.23. The van der Waals surface area contributed by atoms with Crippen LogP contribution in [0.5, 0.6) is 0 Å². The van der Waals surface area contributed by atoms with E-state index in [1.54, 1.807) is 6.92 Å². The van der Waals surface area contributed by atoms with Gasteiger partial charge in [0.2, 0.25) is 0 Å². The van der Waals surface area contributed by atoms with Crippen LogP contribution < -0.4 is 11.1 Å². The molecule has 0 saturated carbocycles. The monoisotopic (exact) mass is 238 g/mol. The lowest BCUT2D eigenvalue weighted by atomic mass is 9.77. The number of nitrogens with one attached hydrogen (secondary N) is 1. The van der Waals surface area contributed by atoms with Crippen molar-refractivity contribution in [3.63, 3.8) is 0 Å². The Bertz CT molecular complexity index is 374. The van der Waals surface area contributed by atoms with Crippen LogP contribution >= 0.6 is 0 Å². The second-order valence-electron chi connectivity index (χ2n) is 5.26. The van der Waals surface area contributed by atoms with Gasteiger partial charge in [0.05, 0.1) is 0 Å². The minimum absolute atomic E-state index is 0.0494. The molecule has 0 amide bonds. The standard InChI is InChI=1S/C14H23FN2/c1-10-9-11(5-6-12(10)15)13(17-4)14(2,3)7-8-16/h5-6,9,13,17H,7-8,16H2,1-4H3. The van der Waals surface area contributed by atoms with Crippen LogP contribution in [0, 0.1) is 18.2 Å². The Labute approximate surface area is 103 Å². The van der Waals surface area contributed by atoms with Crippen LogP contribution in [-0.4, -0.2) is 13.6 Å². The van der Waals surface area contributed by atoms with Crippen LogP contribution in [0.4, 0.5) is 4.39 Å². The third-order valence-electron chi connectivity index (χ3n) is 3.37. The van der Waals surface area contributed by atoms with E-state index in [-0.39, 0.29) is 17.3 Å². The molecule has 0 aliphatic carbocycles. The van der Waals surface area contributed by atoms with Gasteiger partial charge >= 0.3 is 0 Å². The molecule has 96 valence electrons. The highest BCUT2D eigenvalue weighted by molar-refractivity contribution is 5.27. The molecule has 0 heterocycles. The fourth-order valence-corrected chi connectivity index (χ4v) is 2.37. The minimum atomic E-state index is -0.153. The fraction of sp³-hybridized carbons (Fsp3) is 0.571. The molecule has 17 heavy (non-hydrogen) atoms. The maximum atomic E-state index is 13.3. The van der Waals surface area contributed by atoms with Gasteiger partial charge in [-0.15, -0.1) is 0 Å². The maximum Gasteiger partial charge on any atom is 0.126 e. The smallest absolute Gasteiger partial charge is 0.126 e. The van der Waals surface area contributed by atoms with Gasteiger partial charge < -0.3 is 11.1 Å². The SMILES string of the molecule is CNC(c1ccc(F)c(C)c1)C(C)(C)CCN. The van der Waals surface area contributed by atoms with Gasteiger partial charge in [0.1, 0.15) is 5.82 Å². The molecule has 1 atom stereocenters. The summed E-state index contributed by atoms with van der Waals surface area (Å²) in [4.78, 5) is 0. The lowest BCUT2D eigenvalue weighted by Crippen LogP contribution is -2.33. The number of hydrogen-bond acceptors (Lipinski definition) is 2. The van der Waals surface area contributed by atoms with Crippen molar-refractivity contribution in [1.82, 2.24) is 5.32 Å². The van der Waals surface area contributed by atoms with Crippen LogP contribution in [0.2, 0.25) is 0 Å². The Morgan fingerprint density at radius 3 is 2.53 bits per heavy atom. The molecule has 0 saturated heterocycles. The molecule has 0 aliphatic rings. The first-order valence-electron chi connectivity index (χ1n) is 6.05. The van der Waals surface area contributed by atoms with E-state index in [0.717, 1.165) is 12.0 Å². The largest absolute Gasteiger partial charge is 0.330 e. The summed E-state index contributed by atoms with van der Waals surface area (Å²) in [5.41, 5.74) is 7.50. The van der Waals surface area contributed by atoms with E-state index in [9.17, 15) is 4.39 Å². The van der Waals surface area contributed by atoms with E-state index in [1.165, 1.54) is 6.07 Å². The zero-order valence-corrected chi connectivity index (χ0v) is 11.2. The first-order chi connectivity index (χ1) is 7.92. The predicted octanol–water partition coefficient (Wildman–Crippen LogP) is 2.77. The van der Waals surface area contributed by atoms with Crippen molar-refractivity contribution < 1.29 is 4.39 Å².